The van der Waals surface area contributed by atoms with Crippen molar-refractivity contribution in [1.29, 1.82) is 0 Å². The fraction of sp³-hybridized carbons (Fsp3) is 0.0769. The molecule has 0 saturated carbocycles. The molecule has 0 aliphatic carbocycles. The average Bonchev–Trinajstić information content (AvgIpc) is 2.34. The SMILES string of the molecule is CSc1ccccc1Oc1c(Cl)cc(N)cc1Cl. The first-order valence-corrected chi connectivity index (χ1v) is 7.15. The largest absolute Gasteiger partial charge is 0.453 e. The molecule has 18 heavy (non-hydrogen) atoms. The molecule has 0 amide bonds. The number of ether oxygens (including phenoxy) is 1. The third-order valence-corrected chi connectivity index (χ3v) is 3.64. The fourth-order valence-corrected chi connectivity index (χ4v) is 2.60. The first-order chi connectivity index (χ1) is 8.61. The summed E-state index contributed by atoms with van der Waals surface area (Å²) in [5.41, 5.74) is 6.16. The Balaban J connectivity index is 2.40. The number of rotatable bonds is 3. The Labute approximate surface area is 120 Å². The van der Waals surface area contributed by atoms with Crippen molar-refractivity contribution in [2.45, 2.75) is 4.90 Å². The number of halogens is 2. The van der Waals surface area contributed by atoms with Crippen LogP contribution in [0, 0.1) is 0 Å². The maximum atomic E-state index is 6.08. The minimum Gasteiger partial charge on any atom is -0.453 e. The minimum absolute atomic E-state index is 0.399. The quantitative estimate of drug-likeness (QED) is 0.633. The summed E-state index contributed by atoms with van der Waals surface area (Å²) in [7, 11) is 0. The molecule has 94 valence electrons. The van der Waals surface area contributed by atoms with Gasteiger partial charge in [-0.2, -0.15) is 0 Å². The van der Waals surface area contributed by atoms with Crippen molar-refractivity contribution < 1.29 is 4.74 Å². The van der Waals surface area contributed by atoms with Crippen LogP contribution in [0.5, 0.6) is 11.5 Å². The average molecular weight is 300 g/mol. The zero-order valence-electron chi connectivity index (χ0n) is 9.61. The molecule has 2 N–H and O–H groups in total. The van der Waals surface area contributed by atoms with Gasteiger partial charge in [-0.05, 0) is 30.5 Å². The fourth-order valence-electron chi connectivity index (χ4n) is 1.49. The van der Waals surface area contributed by atoms with Crippen LogP contribution in [0.1, 0.15) is 0 Å². The van der Waals surface area contributed by atoms with Crippen molar-refractivity contribution in [3.8, 4) is 11.5 Å². The second-order valence-corrected chi connectivity index (χ2v) is 5.23. The molecule has 0 aromatic heterocycles. The third kappa shape index (κ3) is 2.86. The summed E-state index contributed by atoms with van der Waals surface area (Å²) in [5, 5.41) is 0.798. The van der Waals surface area contributed by atoms with Gasteiger partial charge in [-0.1, -0.05) is 35.3 Å². The highest BCUT2D eigenvalue weighted by molar-refractivity contribution is 7.98. The Hall–Kier alpha value is -1.03. The Kier molecular flexibility index (Phi) is 4.27. The summed E-state index contributed by atoms with van der Waals surface area (Å²) < 4.78 is 5.78. The number of nitrogens with two attached hydrogens (primary N) is 1. The molecule has 0 atom stereocenters. The molecule has 5 heteroatoms. The molecular weight excluding hydrogens is 289 g/mol. The molecular formula is C13H11Cl2NOS. The molecule has 0 saturated heterocycles. The van der Waals surface area contributed by atoms with Gasteiger partial charge in [-0.25, -0.2) is 0 Å². The van der Waals surface area contributed by atoms with Gasteiger partial charge in [0, 0.05) is 10.6 Å². The van der Waals surface area contributed by atoms with E-state index in [9.17, 15) is 0 Å². The molecule has 2 aromatic carbocycles. The van der Waals surface area contributed by atoms with Gasteiger partial charge in [0.25, 0.3) is 0 Å². The lowest BCUT2D eigenvalue weighted by Crippen LogP contribution is -1.91. The van der Waals surface area contributed by atoms with Gasteiger partial charge in [-0.3, -0.25) is 0 Å². The normalized spacial score (nSPS) is 10.4. The van der Waals surface area contributed by atoms with Crippen LogP contribution in [0.3, 0.4) is 0 Å². The van der Waals surface area contributed by atoms with Crippen molar-refractivity contribution in [3.63, 3.8) is 0 Å². The van der Waals surface area contributed by atoms with Crippen LogP contribution in [0.15, 0.2) is 41.3 Å². The summed E-state index contributed by atoms with van der Waals surface area (Å²) in [5.74, 6) is 1.15. The number of para-hydroxylation sites is 1. The lowest BCUT2D eigenvalue weighted by Gasteiger charge is -2.12. The molecule has 0 fully saturated rings. The van der Waals surface area contributed by atoms with Crippen molar-refractivity contribution in [2.24, 2.45) is 0 Å². The maximum Gasteiger partial charge on any atom is 0.164 e. The number of thioether (sulfide) groups is 1. The molecule has 0 aliphatic heterocycles. The molecule has 0 aliphatic rings. The van der Waals surface area contributed by atoms with Gasteiger partial charge < -0.3 is 10.5 Å². The Morgan fingerprint density at radius 1 is 1.11 bits per heavy atom. The van der Waals surface area contributed by atoms with E-state index >= 15 is 0 Å². The van der Waals surface area contributed by atoms with Gasteiger partial charge in [0.2, 0.25) is 0 Å². The third-order valence-electron chi connectivity index (χ3n) is 2.30. The topological polar surface area (TPSA) is 35.2 Å². The highest BCUT2D eigenvalue weighted by atomic mass is 35.5. The zero-order chi connectivity index (χ0) is 13.1. The Morgan fingerprint density at radius 3 is 2.33 bits per heavy atom. The summed E-state index contributed by atoms with van der Waals surface area (Å²) in [4.78, 5) is 1.02. The lowest BCUT2D eigenvalue weighted by molar-refractivity contribution is 0.472. The highest BCUT2D eigenvalue weighted by Gasteiger charge is 2.11. The summed E-state index contributed by atoms with van der Waals surface area (Å²) in [6, 6.07) is 10.9. The maximum absolute atomic E-state index is 6.08. The molecule has 0 spiro atoms. The Bertz CT molecular complexity index is 552. The zero-order valence-corrected chi connectivity index (χ0v) is 11.9. The van der Waals surface area contributed by atoms with E-state index in [0.717, 1.165) is 10.6 Å². The van der Waals surface area contributed by atoms with E-state index < -0.39 is 0 Å². The van der Waals surface area contributed by atoms with Gasteiger partial charge in [0.1, 0.15) is 5.75 Å². The van der Waals surface area contributed by atoms with Crippen LogP contribution in [0.4, 0.5) is 5.69 Å². The molecule has 0 unspecified atom stereocenters. The van der Waals surface area contributed by atoms with Gasteiger partial charge >= 0.3 is 0 Å². The number of hydrogen-bond donors (Lipinski definition) is 1. The first-order valence-electron chi connectivity index (χ1n) is 5.17. The van der Waals surface area contributed by atoms with Crippen molar-refractivity contribution in [3.05, 3.63) is 46.4 Å². The van der Waals surface area contributed by atoms with Crippen LogP contribution in [-0.4, -0.2) is 6.26 Å². The van der Waals surface area contributed by atoms with Crippen molar-refractivity contribution in [1.82, 2.24) is 0 Å². The van der Waals surface area contributed by atoms with Crippen molar-refractivity contribution in [2.75, 3.05) is 12.0 Å². The molecule has 0 bridgehead atoms. The monoisotopic (exact) mass is 299 g/mol. The molecule has 2 nitrogen and oxygen atoms in total. The van der Waals surface area contributed by atoms with Crippen molar-refractivity contribution >= 4 is 40.7 Å². The van der Waals surface area contributed by atoms with E-state index in [1.54, 1.807) is 23.9 Å². The predicted molar refractivity (Wildman–Crippen MR) is 79.2 cm³/mol. The number of anilines is 1. The second kappa shape index (κ2) is 5.74. The highest BCUT2D eigenvalue weighted by Crippen LogP contribution is 2.40. The lowest BCUT2D eigenvalue weighted by atomic mass is 10.3. The van der Waals surface area contributed by atoms with Crippen LogP contribution >= 0.6 is 35.0 Å². The van der Waals surface area contributed by atoms with Crippen LogP contribution in [-0.2, 0) is 0 Å². The van der Waals surface area contributed by atoms with E-state index in [1.165, 1.54) is 0 Å². The molecule has 0 radical (unpaired) electrons. The summed E-state index contributed by atoms with van der Waals surface area (Å²) in [6.07, 6.45) is 1.98. The van der Waals surface area contributed by atoms with E-state index in [1.807, 2.05) is 30.5 Å². The summed E-state index contributed by atoms with van der Waals surface area (Å²) in [6.45, 7) is 0. The van der Waals surface area contributed by atoms with E-state index in [2.05, 4.69) is 0 Å². The van der Waals surface area contributed by atoms with E-state index in [4.69, 9.17) is 33.7 Å². The van der Waals surface area contributed by atoms with Gasteiger partial charge in [0.15, 0.2) is 5.75 Å². The van der Waals surface area contributed by atoms with Gasteiger partial charge in [-0.15, -0.1) is 11.8 Å². The second-order valence-electron chi connectivity index (χ2n) is 3.57. The van der Waals surface area contributed by atoms with Crippen LogP contribution in [0.2, 0.25) is 10.0 Å². The Morgan fingerprint density at radius 2 is 1.72 bits per heavy atom. The standard InChI is InChI=1S/C13H11Cl2NOS/c1-18-12-5-3-2-4-11(12)17-13-9(14)6-8(16)7-10(13)15/h2-7H,16H2,1H3. The number of nitrogen functional groups attached to an aromatic ring is 1. The molecule has 0 heterocycles. The molecule has 2 rings (SSSR count). The first kappa shape index (κ1) is 13.4. The smallest absolute Gasteiger partial charge is 0.164 e. The minimum atomic E-state index is 0.399. The molecule has 2 aromatic rings. The van der Waals surface area contributed by atoms with E-state index in [-0.39, 0.29) is 0 Å². The van der Waals surface area contributed by atoms with Gasteiger partial charge in [0.05, 0.1) is 10.0 Å². The van der Waals surface area contributed by atoms with Crippen LogP contribution < -0.4 is 10.5 Å². The number of hydrogen-bond acceptors (Lipinski definition) is 3. The number of benzene rings is 2. The summed E-state index contributed by atoms with van der Waals surface area (Å²) >= 11 is 13.8. The van der Waals surface area contributed by atoms with E-state index in [0.29, 0.717) is 21.5 Å². The van der Waals surface area contributed by atoms with Crippen LogP contribution in [0.25, 0.3) is 0 Å². The predicted octanol–water partition coefficient (Wildman–Crippen LogP) is 5.09.